The Morgan fingerprint density at radius 3 is 1.85 bits per heavy atom. The fraction of sp³-hybridized carbons (Fsp3) is 0.867. The van der Waals surface area contributed by atoms with Crippen molar-refractivity contribution < 1.29 is 14.7 Å². The lowest BCUT2D eigenvalue weighted by Crippen LogP contribution is -2.47. The maximum atomic E-state index is 11.7. The summed E-state index contributed by atoms with van der Waals surface area (Å²) in [6, 6.07) is 0.0311. The molecule has 0 aromatic rings. The minimum absolute atomic E-state index is 0.0311. The van der Waals surface area contributed by atoms with Crippen LogP contribution in [-0.2, 0) is 9.59 Å². The van der Waals surface area contributed by atoms with Gasteiger partial charge in [-0.15, -0.1) is 0 Å². The number of aliphatic carboxylic acids is 1. The van der Waals surface area contributed by atoms with Gasteiger partial charge in [-0.1, -0.05) is 27.7 Å². The third kappa shape index (κ3) is 5.31. The summed E-state index contributed by atoms with van der Waals surface area (Å²) in [6.45, 7) is 11.5. The van der Waals surface area contributed by atoms with Gasteiger partial charge in [0, 0.05) is 34.0 Å². The fourth-order valence-electron chi connectivity index (χ4n) is 2.70. The van der Waals surface area contributed by atoms with E-state index in [4.69, 9.17) is 0 Å². The number of carbonyl (C=O) groups is 2. The highest BCUT2D eigenvalue weighted by Crippen LogP contribution is 2.41. The third-order valence-electron chi connectivity index (χ3n) is 4.01. The van der Waals surface area contributed by atoms with Crippen LogP contribution >= 0.6 is 22.6 Å². The van der Waals surface area contributed by atoms with Gasteiger partial charge in [-0.05, 0) is 39.2 Å². The minimum atomic E-state index is -0.794. The predicted octanol–water partition coefficient (Wildman–Crippen LogP) is 3.48. The van der Waals surface area contributed by atoms with Gasteiger partial charge in [-0.25, -0.2) is 0 Å². The lowest BCUT2D eigenvalue weighted by atomic mass is 9.68. The molecule has 5 heteroatoms. The van der Waals surface area contributed by atoms with Crippen LogP contribution in [0.1, 0.15) is 54.4 Å². The lowest BCUT2D eigenvalue weighted by Gasteiger charge is -2.41. The Bertz CT molecular complexity index is 375. The average Bonchev–Trinajstić information content (AvgIpc) is 2.23. The fourth-order valence-corrected chi connectivity index (χ4v) is 2.89. The quantitative estimate of drug-likeness (QED) is 0.486. The van der Waals surface area contributed by atoms with E-state index in [-0.39, 0.29) is 15.2 Å². The molecule has 20 heavy (non-hydrogen) atoms. The molecule has 4 nitrogen and oxygen atoms in total. The Hall–Kier alpha value is -0.170. The summed E-state index contributed by atoms with van der Waals surface area (Å²) in [5.74, 6) is -0.794. The van der Waals surface area contributed by atoms with Crippen LogP contribution in [0.3, 0.4) is 0 Å². The van der Waals surface area contributed by atoms with Crippen LogP contribution in [0.15, 0.2) is 0 Å². The molecule has 0 aliphatic carbocycles. The summed E-state index contributed by atoms with van der Waals surface area (Å²) in [5, 5.41) is 12.5. The maximum absolute atomic E-state index is 11.7. The van der Waals surface area contributed by atoms with Gasteiger partial charge in [0.05, 0.1) is 5.41 Å². The SMILES string of the molecule is CNC(CC(C)(C)C(=O)O)C(C)(C)CC(C)(C)C(=O)I. The predicted molar refractivity (Wildman–Crippen MR) is 90.1 cm³/mol. The van der Waals surface area contributed by atoms with Crippen LogP contribution in [0.4, 0.5) is 0 Å². The molecule has 0 spiro atoms. The largest absolute Gasteiger partial charge is 0.481 e. The highest BCUT2D eigenvalue weighted by Gasteiger charge is 2.41. The first-order valence-corrected chi connectivity index (χ1v) is 7.95. The van der Waals surface area contributed by atoms with Gasteiger partial charge in [-0.3, -0.25) is 9.59 Å². The summed E-state index contributed by atoms with van der Waals surface area (Å²) in [7, 11) is 1.85. The Labute approximate surface area is 136 Å². The molecule has 0 heterocycles. The van der Waals surface area contributed by atoms with Crippen LogP contribution < -0.4 is 5.32 Å². The number of nitrogens with one attached hydrogen (secondary N) is 1. The summed E-state index contributed by atoms with van der Waals surface area (Å²) >= 11 is 1.85. The summed E-state index contributed by atoms with van der Waals surface area (Å²) in [5.41, 5.74) is -1.37. The van der Waals surface area contributed by atoms with Crippen molar-refractivity contribution >= 4 is 32.4 Å². The van der Waals surface area contributed by atoms with E-state index in [2.05, 4.69) is 19.2 Å². The van der Waals surface area contributed by atoms with Crippen molar-refractivity contribution in [1.82, 2.24) is 5.32 Å². The second-order valence-electron chi connectivity index (χ2n) is 7.56. The molecule has 0 aromatic heterocycles. The van der Waals surface area contributed by atoms with Crippen LogP contribution in [-0.4, -0.2) is 28.0 Å². The zero-order chi connectivity index (χ0) is 16.4. The van der Waals surface area contributed by atoms with Crippen LogP contribution in [0.5, 0.6) is 0 Å². The van der Waals surface area contributed by atoms with Crippen molar-refractivity contribution in [3.05, 3.63) is 0 Å². The topological polar surface area (TPSA) is 66.4 Å². The van der Waals surface area contributed by atoms with E-state index in [1.807, 2.05) is 43.5 Å². The van der Waals surface area contributed by atoms with E-state index in [0.717, 1.165) is 0 Å². The number of hydrogen-bond acceptors (Lipinski definition) is 3. The van der Waals surface area contributed by atoms with Crippen LogP contribution in [0.2, 0.25) is 0 Å². The van der Waals surface area contributed by atoms with Gasteiger partial charge in [0.2, 0.25) is 0 Å². The van der Waals surface area contributed by atoms with E-state index in [1.54, 1.807) is 13.8 Å². The van der Waals surface area contributed by atoms with E-state index in [9.17, 15) is 14.7 Å². The molecule has 118 valence electrons. The summed E-state index contributed by atoms with van der Waals surface area (Å²) in [4.78, 5) is 23.0. The molecular formula is C15H28INO3. The smallest absolute Gasteiger partial charge is 0.309 e. The molecule has 0 radical (unpaired) electrons. The van der Waals surface area contributed by atoms with Gasteiger partial charge in [0.1, 0.15) is 0 Å². The van der Waals surface area contributed by atoms with Crippen molar-refractivity contribution in [2.24, 2.45) is 16.2 Å². The molecule has 0 aliphatic heterocycles. The highest BCUT2D eigenvalue weighted by atomic mass is 127. The first-order chi connectivity index (χ1) is 8.76. The standard InChI is InChI=1S/C15H28INO3/c1-13(2,12(19)20)8-10(17-7)14(3,4)9-15(5,6)11(16)18/h10,17H,8-9H2,1-7H3,(H,19,20). The van der Waals surface area contributed by atoms with Crippen molar-refractivity contribution in [3.63, 3.8) is 0 Å². The van der Waals surface area contributed by atoms with Gasteiger partial charge in [0.25, 0.3) is 0 Å². The molecule has 1 unspecified atom stereocenters. The number of carbonyl (C=O) groups excluding carboxylic acids is 1. The maximum Gasteiger partial charge on any atom is 0.309 e. The first-order valence-electron chi connectivity index (χ1n) is 6.87. The van der Waals surface area contributed by atoms with Gasteiger partial charge < -0.3 is 10.4 Å². The Balaban J connectivity index is 5.14. The monoisotopic (exact) mass is 397 g/mol. The third-order valence-corrected chi connectivity index (χ3v) is 5.47. The van der Waals surface area contributed by atoms with Gasteiger partial charge >= 0.3 is 5.97 Å². The summed E-state index contributed by atoms with van der Waals surface area (Å²) < 4.78 is 0.135. The number of rotatable bonds is 8. The molecular weight excluding hydrogens is 369 g/mol. The molecule has 0 aromatic carbocycles. The molecule has 1 atom stereocenters. The average molecular weight is 397 g/mol. The Kier molecular flexibility index (Phi) is 6.67. The first kappa shape index (κ1) is 19.8. The Morgan fingerprint density at radius 2 is 1.55 bits per heavy atom. The van der Waals surface area contributed by atoms with Crippen LogP contribution in [0, 0.1) is 16.2 Å². The number of halogens is 1. The second kappa shape index (κ2) is 6.73. The molecule has 2 N–H and O–H groups in total. The molecule has 0 aliphatic rings. The number of carboxylic acid groups (broad SMARTS) is 1. The zero-order valence-electron chi connectivity index (χ0n) is 13.6. The molecule has 0 fully saturated rings. The van der Waals surface area contributed by atoms with E-state index in [1.165, 1.54) is 0 Å². The molecule has 0 rings (SSSR count). The molecule has 0 amide bonds. The number of carboxylic acids is 1. The van der Waals surface area contributed by atoms with Crippen molar-refractivity contribution in [1.29, 1.82) is 0 Å². The molecule has 0 saturated carbocycles. The van der Waals surface area contributed by atoms with Crippen LogP contribution in [0.25, 0.3) is 0 Å². The van der Waals surface area contributed by atoms with Crippen molar-refractivity contribution in [2.45, 2.75) is 60.4 Å². The van der Waals surface area contributed by atoms with Gasteiger partial charge in [-0.2, -0.15) is 0 Å². The summed E-state index contributed by atoms with van der Waals surface area (Å²) in [6.07, 6.45) is 1.24. The van der Waals surface area contributed by atoms with E-state index >= 15 is 0 Å². The second-order valence-corrected chi connectivity index (χ2v) is 8.54. The van der Waals surface area contributed by atoms with Gasteiger partial charge in [0.15, 0.2) is 3.79 Å². The highest BCUT2D eigenvalue weighted by molar-refractivity contribution is 14.1. The lowest BCUT2D eigenvalue weighted by molar-refractivity contribution is -0.148. The zero-order valence-corrected chi connectivity index (χ0v) is 15.8. The van der Waals surface area contributed by atoms with E-state index in [0.29, 0.717) is 12.8 Å². The molecule has 0 bridgehead atoms. The van der Waals surface area contributed by atoms with E-state index < -0.39 is 16.8 Å². The van der Waals surface area contributed by atoms with Crippen molar-refractivity contribution in [3.8, 4) is 0 Å². The Morgan fingerprint density at radius 1 is 1.10 bits per heavy atom. The normalized spacial score (nSPS) is 15.0. The number of hydrogen-bond donors (Lipinski definition) is 2. The molecule has 0 saturated heterocycles. The minimum Gasteiger partial charge on any atom is -0.481 e. The van der Waals surface area contributed by atoms with Crippen molar-refractivity contribution in [2.75, 3.05) is 7.05 Å².